The molecule has 1 N–H and O–H groups in total. The predicted octanol–water partition coefficient (Wildman–Crippen LogP) is 6.33. The molecule has 0 radical (unpaired) electrons. The first-order valence-electron chi connectivity index (χ1n) is 7.60. The normalized spacial score (nSPS) is 12.8. The van der Waals surface area contributed by atoms with Crippen molar-refractivity contribution in [2.45, 2.75) is 12.4 Å². The second kappa shape index (κ2) is 6.61. The molecule has 0 heterocycles. The van der Waals surface area contributed by atoms with Gasteiger partial charge in [0.15, 0.2) is 0 Å². The molecule has 0 unspecified atom stereocenters. The van der Waals surface area contributed by atoms with Gasteiger partial charge in [-0.05, 0) is 35.0 Å². The van der Waals surface area contributed by atoms with Crippen molar-refractivity contribution in [1.82, 2.24) is 0 Å². The highest BCUT2D eigenvalue weighted by Gasteiger charge is 2.36. The highest BCUT2D eigenvalue weighted by Crippen LogP contribution is 2.38. The van der Waals surface area contributed by atoms with Gasteiger partial charge >= 0.3 is 12.4 Å². The van der Waals surface area contributed by atoms with E-state index in [1.807, 2.05) is 0 Å². The van der Waals surface area contributed by atoms with Crippen LogP contribution in [0.4, 0.5) is 32.0 Å². The van der Waals surface area contributed by atoms with Crippen molar-refractivity contribution in [1.29, 1.82) is 0 Å². The molecule has 3 rings (SSSR count). The molecule has 0 amide bonds. The second-order valence-corrected chi connectivity index (χ2v) is 5.74. The fraction of sp³-hybridized carbons (Fsp3) is 0.105. The molecule has 8 heteroatoms. The number of halogens is 6. The highest BCUT2D eigenvalue weighted by molar-refractivity contribution is 6.03. The molecule has 0 atom stereocenters. The summed E-state index contributed by atoms with van der Waals surface area (Å²) >= 11 is 0. The number of benzene rings is 3. The molecule has 0 saturated heterocycles. The topological polar surface area (TPSA) is 32.6 Å². The van der Waals surface area contributed by atoms with E-state index in [1.54, 1.807) is 30.3 Å². The summed E-state index contributed by atoms with van der Waals surface area (Å²) in [6, 6.07) is 10.9. The fourth-order valence-corrected chi connectivity index (χ4v) is 2.57. The lowest BCUT2D eigenvalue weighted by Gasteiger charge is -2.12. The Kier molecular flexibility index (Phi) is 4.59. The van der Waals surface area contributed by atoms with E-state index >= 15 is 0 Å². The third-order valence-corrected chi connectivity index (χ3v) is 3.86. The Morgan fingerprint density at radius 2 is 1.37 bits per heavy atom. The third-order valence-electron chi connectivity index (χ3n) is 3.86. The quantitative estimate of drug-likeness (QED) is 0.407. The summed E-state index contributed by atoms with van der Waals surface area (Å²) in [4.78, 5) is 3.75. The molecule has 0 fully saturated rings. The van der Waals surface area contributed by atoms with Crippen molar-refractivity contribution in [2.24, 2.45) is 4.99 Å². The largest absolute Gasteiger partial charge is 0.507 e. The maximum absolute atomic E-state index is 12.9. The minimum atomic E-state index is -4.95. The number of aliphatic imine (C=N–C) groups is 1. The Labute approximate surface area is 149 Å². The summed E-state index contributed by atoms with van der Waals surface area (Å²) < 4.78 is 77.5. The number of phenols is 1. The van der Waals surface area contributed by atoms with Crippen LogP contribution in [0, 0.1) is 0 Å². The van der Waals surface area contributed by atoms with Crippen LogP contribution in [0.15, 0.2) is 59.6 Å². The number of nitrogens with zero attached hydrogens (tertiary/aromatic N) is 1. The van der Waals surface area contributed by atoms with Gasteiger partial charge in [0.1, 0.15) is 5.75 Å². The molecule has 0 aromatic heterocycles. The predicted molar refractivity (Wildman–Crippen MR) is 89.3 cm³/mol. The summed E-state index contributed by atoms with van der Waals surface area (Å²) in [6.07, 6.45) is -8.85. The Balaban J connectivity index is 2.12. The summed E-state index contributed by atoms with van der Waals surface area (Å²) in [7, 11) is 0. The lowest BCUT2D eigenvalue weighted by molar-refractivity contribution is -0.143. The van der Waals surface area contributed by atoms with Gasteiger partial charge in [0.25, 0.3) is 0 Å². The van der Waals surface area contributed by atoms with E-state index in [9.17, 15) is 31.4 Å². The molecule has 3 aromatic carbocycles. The van der Waals surface area contributed by atoms with Gasteiger partial charge in [-0.25, -0.2) is 0 Å². The van der Waals surface area contributed by atoms with E-state index in [2.05, 4.69) is 4.99 Å². The number of hydrogen-bond acceptors (Lipinski definition) is 2. The van der Waals surface area contributed by atoms with E-state index in [4.69, 9.17) is 0 Å². The maximum atomic E-state index is 12.9. The Morgan fingerprint density at radius 1 is 0.778 bits per heavy atom. The van der Waals surface area contributed by atoms with Crippen LogP contribution < -0.4 is 0 Å². The van der Waals surface area contributed by atoms with Gasteiger partial charge in [0.2, 0.25) is 0 Å². The molecule has 0 saturated carbocycles. The van der Waals surface area contributed by atoms with Crippen LogP contribution in [0.25, 0.3) is 10.8 Å². The molecule has 3 aromatic rings. The Morgan fingerprint density at radius 3 is 1.96 bits per heavy atom. The molecule has 0 bridgehead atoms. The molecule has 27 heavy (non-hydrogen) atoms. The zero-order valence-corrected chi connectivity index (χ0v) is 13.4. The highest BCUT2D eigenvalue weighted by atomic mass is 19.4. The van der Waals surface area contributed by atoms with Gasteiger partial charge < -0.3 is 5.11 Å². The van der Waals surface area contributed by atoms with E-state index in [0.717, 1.165) is 11.6 Å². The van der Waals surface area contributed by atoms with Crippen molar-refractivity contribution in [3.8, 4) is 5.75 Å². The number of hydrogen-bond donors (Lipinski definition) is 1. The van der Waals surface area contributed by atoms with Crippen molar-refractivity contribution >= 4 is 22.7 Å². The number of fused-ring (bicyclic) bond motifs is 1. The van der Waals surface area contributed by atoms with E-state index < -0.39 is 29.2 Å². The van der Waals surface area contributed by atoms with Crippen LogP contribution in [0.3, 0.4) is 0 Å². The average Bonchev–Trinajstić information content (AvgIpc) is 2.59. The lowest BCUT2D eigenvalue weighted by atomic mass is 10.0. The van der Waals surface area contributed by atoms with Crippen LogP contribution in [-0.2, 0) is 12.4 Å². The van der Waals surface area contributed by atoms with E-state index in [-0.39, 0.29) is 17.4 Å². The van der Waals surface area contributed by atoms with Gasteiger partial charge in [-0.1, -0.05) is 30.3 Å². The standard InChI is InChI=1S/C19H11F6NO/c20-18(21,22)12-7-13(19(23,24)25)9-14(8-12)26-10-16-15-4-2-1-3-11(15)5-6-17(16)27/h1-10,27H. The zero-order chi connectivity index (χ0) is 19.8. The minimum Gasteiger partial charge on any atom is -0.507 e. The van der Waals surface area contributed by atoms with Crippen LogP contribution >= 0.6 is 0 Å². The first-order chi connectivity index (χ1) is 12.6. The second-order valence-electron chi connectivity index (χ2n) is 5.74. The number of aromatic hydroxyl groups is 1. The molecule has 0 spiro atoms. The van der Waals surface area contributed by atoms with Gasteiger partial charge in [0.05, 0.1) is 16.8 Å². The molecular formula is C19H11F6NO. The van der Waals surface area contributed by atoms with Crippen molar-refractivity contribution < 1.29 is 31.4 Å². The molecule has 0 aliphatic rings. The summed E-state index contributed by atoms with van der Waals surface area (Å²) in [5, 5.41) is 11.3. The van der Waals surface area contributed by atoms with Gasteiger partial charge in [-0.3, -0.25) is 4.99 Å². The van der Waals surface area contributed by atoms with Crippen LogP contribution in [0.5, 0.6) is 5.75 Å². The average molecular weight is 383 g/mol. The summed E-state index contributed by atoms with van der Waals surface area (Å²) in [5.74, 6) is -0.194. The van der Waals surface area contributed by atoms with E-state index in [1.165, 1.54) is 6.07 Å². The van der Waals surface area contributed by atoms with E-state index in [0.29, 0.717) is 17.5 Å². The number of alkyl halides is 6. The van der Waals surface area contributed by atoms with Gasteiger partial charge in [0, 0.05) is 11.8 Å². The minimum absolute atomic E-state index is 0.0361. The smallest absolute Gasteiger partial charge is 0.416 e. The molecule has 2 nitrogen and oxygen atoms in total. The fourth-order valence-electron chi connectivity index (χ4n) is 2.57. The van der Waals surface area contributed by atoms with Crippen LogP contribution in [-0.4, -0.2) is 11.3 Å². The SMILES string of the molecule is Oc1ccc2ccccc2c1C=Nc1cc(C(F)(F)F)cc(C(F)(F)F)c1. The first-order valence-corrected chi connectivity index (χ1v) is 7.60. The molecule has 0 aliphatic heterocycles. The molecular weight excluding hydrogens is 372 g/mol. The number of rotatable bonds is 2. The monoisotopic (exact) mass is 383 g/mol. The van der Waals surface area contributed by atoms with Crippen molar-refractivity contribution in [3.63, 3.8) is 0 Å². The lowest BCUT2D eigenvalue weighted by Crippen LogP contribution is -2.10. The summed E-state index contributed by atoms with van der Waals surface area (Å²) in [5.41, 5.74) is -3.23. The van der Waals surface area contributed by atoms with Gasteiger partial charge in [-0.2, -0.15) is 26.3 Å². The van der Waals surface area contributed by atoms with Crippen LogP contribution in [0.2, 0.25) is 0 Å². The zero-order valence-electron chi connectivity index (χ0n) is 13.4. The number of phenolic OH excluding ortho intramolecular Hbond substituents is 1. The van der Waals surface area contributed by atoms with Crippen molar-refractivity contribution in [2.75, 3.05) is 0 Å². The molecule has 140 valence electrons. The van der Waals surface area contributed by atoms with Gasteiger partial charge in [-0.15, -0.1) is 0 Å². The summed E-state index contributed by atoms with van der Waals surface area (Å²) in [6.45, 7) is 0. The Hall–Kier alpha value is -3.03. The maximum Gasteiger partial charge on any atom is 0.416 e. The first kappa shape index (κ1) is 18.8. The molecule has 0 aliphatic carbocycles. The third kappa shape index (κ3) is 4.05. The van der Waals surface area contributed by atoms with Crippen molar-refractivity contribution in [3.05, 3.63) is 71.3 Å². The van der Waals surface area contributed by atoms with Crippen LogP contribution in [0.1, 0.15) is 16.7 Å². The Bertz CT molecular complexity index is 989.